The molecule has 7 heteroatoms. The molecule has 1 amide bonds. The number of benzene rings is 2. The number of halogens is 3. The van der Waals surface area contributed by atoms with E-state index < -0.39 is 10.9 Å². The molecule has 0 spiro atoms. The van der Waals surface area contributed by atoms with Crippen LogP contribution in [0.2, 0.25) is 5.02 Å². The molecule has 2 aromatic carbocycles. The van der Waals surface area contributed by atoms with E-state index in [1.54, 1.807) is 0 Å². The van der Waals surface area contributed by atoms with Crippen LogP contribution >= 0.6 is 34.8 Å². The van der Waals surface area contributed by atoms with Crippen molar-refractivity contribution in [2.75, 3.05) is 19.8 Å². The summed E-state index contributed by atoms with van der Waals surface area (Å²) in [6.45, 7) is 0.471. The molecular weight excluding hydrogens is 385 g/mol. The Morgan fingerprint density at radius 3 is 2.52 bits per heavy atom. The smallest absolute Gasteiger partial charge is 0.407 e. The van der Waals surface area contributed by atoms with Crippen molar-refractivity contribution in [1.82, 2.24) is 5.32 Å². The van der Waals surface area contributed by atoms with Gasteiger partial charge in [0, 0.05) is 0 Å². The summed E-state index contributed by atoms with van der Waals surface area (Å²) < 4.78 is 10.3. The fraction of sp³-hybridized carbons (Fsp3) is 0.278. The number of rotatable bonds is 8. The minimum atomic E-state index is -0.741. The number of amides is 1. The zero-order valence-electron chi connectivity index (χ0n) is 13.4. The third kappa shape index (κ3) is 7.43. The number of alkyl halides is 2. The monoisotopic (exact) mass is 401 g/mol. The van der Waals surface area contributed by atoms with Crippen LogP contribution in [-0.4, -0.2) is 30.7 Å². The van der Waals surface area contributed by atoms with Gasteiger partial charge >= 0.3 is 6.09 Å². The lowest BCUT2D eigenvalue weighted by Gasteiger charge is -2.11. The Kier molecular flexibility index (Phi) is 8.19. The number of alkyl carbamates (subject to hydrolysis) is 1. The van der Waals surface area contributed by atoms with Crippen LogP contribution < -0.4 is 10.1 Å². The molecule has 0 heterocycles. The van der Waals surface area contributed by atoms with E-state index in [4.69, 9.17) is 44.3 Å². The van der Waals surface area contributed by atoms with Gasteiger partial charge in [-0.2, -0.15) is 0 Å². The highest BCUT2D eigenvalue weighted by molar-refractivity contribution is 6.44. The highest BCUT2D eigenvalue weighted by Gasteiger charge is 2.07. The van der Waals surface area contributed by atoms with Crippen LogP contribution in [0.4, 0.5) is 4.79 Å². The number of hydrogen-bond donors (Lipinski definition) is 1. The molecule has 0 fully saturated rings. The average Bonchev–Trinajstić information content (AvgIpc) is 2.59. The van der Waals surface area contributed by atoms with Crippen LogP contribution in [-0.2, 0) is 11.2 Å². The second-order valence-corrected chi connectivity index (χ2v) is 6.88. The molecular formula is C18H18Cl3NO3. The van der Waals surface area contributed by atoms with Gasteiger partial charge in [-0.15, -0.1) is 23.2 Å². The summed E-state index contributed by atoms with van der Waals surface area (Å²) in [5.41, 5.74) is 2.31. The van der Waals surface area contributed by atoms with Crippen LogP contribution in [0.15, 0.2) is 48.5 Å². The topological polar surface area (TPSA) is 47.6 Å². The fourth-order valence-corrected chi connectivity index (χ4v) is 2.49. The molecule has 0 unspecified atom stereocenters. The molecule has 0 saturated heterocycles. The molecule has 0 atom stereocenters. The lowest BCUT2D eigenvalue weighted by molar-refractivity contribution is 0.148. The Bertz CT molecular complexity index is 681. The largest absolute Gasteiger partial charge is 0.490 e. The number of ether oxygens (including phenoxy) is 2. The van der Waals surface area contributed by atoms with Gasteiger partial charge in [0.15, 0.2) is 0 Å². The quantitative estimate of drug-likeness (QED) is 0.508. The SMILES string of the molecule is O=C(NCCOc1ccc(Cc2ccccc2)cc1Cl)OCC(Cl)Cl. The second kappa shape index (κ2) is 10.4. The zero-order valence-corrected chi connectivity index (χ0v) is 15.7. The van der Waals surface area contributed by atoms with E-state index in [1.165, 1.54) is 5.56 Å². The minimum absolute atomic E-state index is 0.0650. The van der Waals surface area contributed by atoms with E-state index >= 15 is 0 Å². The first-order valence-electron chi connectivity index (χ1n) is 7.68. The number of carbonyl (C=O) groups excluding carboxylic acids is 1. The normalized spacial score (nSPS) is 10.6. The Hall–Kier alpha value is -1.62. The van der Waals surface area contributed by atoms with Gasteiger partial charge < -0.3 is 14.8 Å². The maximum Gasteiger partial charge on any atom is 0.407 e. The number of hydrogen-bond acceptors (Lipinski definition) is 3. The summed E-state index contributed by atoms with van der Waals surface area (Å²) in [5, 5.41) is 3.06. The van der Waals surface area contributed by atoms with E-state index in [9.17, 15) is 4.79 Å². The molecule has 0 aromatic heterocycles. The summed E-state index contributed by atoms with van der Waals surface area (Å²) in [6, 6.07) is 15.8. The Morgan fingerprint density at radius 1 is 1.08 bits per heavy atom. The van der Waals surface area contributed by atoms with Crippen LogP contribution in [0, 0.1) is 0 Å². The van der Waals surface area contributed by atoms with Gasteiger partial charge in [-0.05, 0) is 29.7 Å². The summed E-state index contributed by atoms with van der Waals surface area (Å²) in [6.07, 6.45) is 0.204. The van der Waals surface area contributed by atoms with Crippen molar-refractivity contribution in [3.05, 3.63) is 64.7 Å². The predicted octanol–water partition coefficient (Wildman–Crippen LogP) is 4.84. The van der Waals surface area contributed by atoms with Gasteiger partial charge in [-0.25, -0.2) is 4.79 Å². The van der Waals surface area contributed by atoms with Gasteiger partial charge in [0.1, 0.15) is 23.8 Å². The molecule has 1 N–H and O–H groups in total. The highest BCUT2D eigenvalue weighted by atomic mass is 35.5. The standard InChI is InChI=1S/C18H18Cl3NO3/c19-15-11-14(10-13-4-2-1-3-5-13)6-7-16(15)24-9-8-22-18(23)25-12-17(20)21/h1-7,11,17H,8-10,12H2,(H,22,23). The van der Waals surface area contributed by atoms with Gasteiger partial charge in [-0.3, -0.25) is 0 Å². The van der Waals surface area contributed by atoms with Crippen molar-refractivity contribution >= 4 is 40.9 Å². The molecule has 25 heavy (non-hydrogen) atoms. The van der Waals surface area contributed by atoms with Crippen molar-refractivity contribution in [3.8, 4) is 5.75 Å². The van der Waals surface area contributed by atoms with Crippen LogP contribution in [0.25, 0.3) is 0 Å². The third-order valence-electron chi connectivity index (χ3n) is 3.22. The molecule has 4 nitrogen and oxygen atoms in total. The maximum atomic E-state index is 11.3. The van der Waals surface area contributed by atoms with Crippen LogP contribution in [0.1, 0.15) is 11.1 Å². The van der Waals surface area contributed by atoms with Crippen molar-refractivity contribution in [3.63, 3.8) is 0 Å². The lowest BCUT2D eigenvalue weighted by atomic mass is 10.1. The first-order chi connectivity index (χ1) is 12.0. The molecule has 0 bridgehead atoms. The molecule has 134 valence electrons. The Labute approximate surface area is 162 Å². The molecule has 2 rings (SSSR count). The van der Waals surface area contributed by atoms with E-state index in [1.807, 2.05) is 36.4 Å². The second-order valence-electron chi connectivity index (χ2n) is 5.19. The summed E-state index contributed by atoms with van der Waals surface area (Å²) in [4.78, 5) is 10.6. The summed E-state index contributed by atoms with van der Waals surface area (Å²) >= 11 is 17.2. The van der Waals surface area contributed by atoms with E-state index in [2.05, 4.69) is 17.4 Å². The Morgan fingerprint density at radius 2 is 1.84 bits per heavy atom. The van der Waals surface area contributed by atoms with Gasteiger partial charge in [0.25, 0.3) is 0 Å². The average molecular weight is 403 g/mol. The fourth-order valence-electron chi connectivity index (χ4n) is 2.11. The number of carbonyl (C=O) groups is 1. The van der Waals surface area contributed by atoms with Crippen LogP contribution in [0.3, 0.4) is 0 Å². The molecule has 0 aliphatic rings. The summed E-state index contributed by atoms with van der Waals surface area (Å²) in [7, 11) is 0. The van der Waals surface area contributed by atoms with Crippen LogP contribution in [0.5, 0.6) is 5.75 Å². The van der Waals surface area contributed by atoms with Crippen molar-refractivity contribution in [2.45, 2.75) is 11.3 Å². The lowest BCUT2D eigenvalue weighted by Crippen LogP contribution is -2.29. The van der Waals surface area contributed by atoms with E-state index in [0.29, 0.717) is 10.8 Å². The van der Waals surface area contributed by atoms with Gasteiger partial charge in [0.2, 0.25) is 0 Å². The van der Waals surface area contributed by atoms with E-state index in [-0.39, 0.29) is 19.8 Å². The molecule has 2 aromatic rings. The zero-order chi connectivity index (χ0) is 18.1. The van der Waals surface area contributed by atoms with Gasteiger partial charge in [0.05, 0.1) is 11.6 Å². The minimum Gasteiger partial charge on any atom is -0.490 e. The van der Waals surface area contributed by atoms with Crippen molar-refractivity contribution in [2.24, 2.45) is 0 Å². The molecule has 0 aliphatic carbocycles. The first kappa shape index (κ1) is 19.7. The summed E-state index contributed by atoms with van der Waals surface area (Å²) in [5.74, 6) is 0.565. The molecule has 0 aliphatic heterocycles. The van der Waals surface area contributed by atoms with E-state index in [0.717, 1.165) is 12.0 Å². The van der Waals surface area contributed by atoms with Crippen molar-refractivity contribution < 1.29 is 14.3 Å². The predicted molar refractivity (Wildman–Crippen MR) is 101 cm³/mol. The third-order valence-corrected chi connectivity index (χ3v) is 3.76. The Balaban J connectivity index is 1.76. The van der Waals surface area contributed by atoms with Crippen molar-refractivity contribution in [1.29, 1.82) is 0 Å². The maximum absolute atomic E-state index is 11.3. The number of nitrogens with one attached hydrogen (secondary N) is 1. The molecule has 0 saturated carbocycles. The highest BCUT2D eigenvalue weighted by Crippen LogP contribution is 2.26. The molecule has 0 radical (unpaired) electrons. The van der Waals surface area contributed by atoms with Gasteiger partial charge in [-0.1, -0.05) is 48.0 Å². The first-order valence-corrected chi connectivity index (χ1v) is 8.93.